The first-order valence-electron chi connectivity index (χ1n) is 8.44. The predicted octanol–water partition coefficient (Wildman–Crippen LogP) is 2.62. The van der Waals surface area contributed by atoms with Crippen molar-refractivity contribution in [2.24, 2.45) is 0 Å². The molecule has 0 radical (unpaired) electrons. The Balaban J connectivity index is 1.55. The van der Waals surface area contributed by atoms with Crippen LogP contribution in [0.5, 0.6) is 0 Å². The van der Waals surface area contributed by atoms with Gasteiger partial charge in [-0.3, -0.25) is 4.79 Å². The van der Waals surface area contributed by atoms with Crippen molar-refractivity contribution >= 4 is 5.91 Å². The Labute approximate surface area is 141 Å². The highest BCUT2D eigenvalue weighted by molar-refractivity contribution is 5.76. The van der Waals surface area contributed by atoms with Crippen LogP contribution in [-0.2, 0) is 16.0 Å². The number of nitrogens with zero attached hydrogens (tertiary/aromatic N) is 3. The Hall–Kier alpha value is -2.21. The second kappa shape index (κ2) is 7.57. The number of aromatic nitrogens is 2. The Morgan fingerprint density at radius 1 is 1.33 bits per heavy atom. The molecule has 6 heteroatoms. The summed E-state index contributed by atoms with van der Waals surface area (Å²) in [7, 11) is 0. The predicted molar refractivity (Wildman–Crippen MR) is 89.4 cm³/mol. The second-order valence-electron chi connectivity index (χ2n) is 6.12. The van der Waals surface area contributed by atoms with E-state index in [1.54, 1.807) is 0 Å². The Kier molecular flexibility index (Phi) is 5.25. The number of rotatable bonds is 5. The Morgan fingerprint density at radius 2 is 2.12 bits per heavy atom. The molecule has 24 heavy (non-hydrogen) atoms. The Morgan fingerprint density at radius 3 is 2.88 bits per heavy atom. The fourth-order valence-electron chi connectivity index (χ4n) is 2.74. The molecular weight excluding hydrogens is 306 g/mol. The standard InChI is InChI=1S/C18H23N3O3/c1-3-15-12-21(10-11-23-15)17(22)9-8-16-19-18(20-24-16)14-6-4-13(2)5-7-14/h4-7,15H,3,8-12H2,1-2H3. The van der Waals surface area contributed by atoms with Gasteiger partial charge in [0.05, 0.1) is 12.7 Å². The van der Waals surface area contributed by atoms with Crippen molar-refractivity contribution in [2.45, 2.75) is 39.2 Å². The summed E-state index contributed by atoms with van der Waals surface area (Å²) in [6, 6.07) is 7.95. The number of aryl methyl sites for hydroxylation is 2. The van der Waals surface area contributed by atoms with Crippen LogP contribution in [0.4, 0.5) is 0 Å². The van der Waals surface area contributed by atoms with Crippen LogP contribution in [0.3, 0.4) is 0 Å². The summed E-state index contributed by atoms with van der Waals surface area (Å²) in [6.45, 7) is 6.05. The third-order valence-electron chi connectivity index (χ3n) is 4.28. The van der Waals surface area contributed by atoms with Gasteiger partial charge >= 0.3 is 0 Å². The summed E-state index contributed by atoms with van der Waals surface area (Å²) >= 11 is 0. The Bertz CT molecular complexity index is 681. The summed E-state index contributed by atoms with van der Waals surface area (Å²) in [5, 5.41) is 4.00. The van der Waals surface area contributed by atoms with Crippen molar-refractivity contribution in [1.82, 2.24) is 15.0 Å². The molecule has 2 heterocycles. The molecule has 6 nitrogen and oxygen atoms in total. The third-order valence-corrected chi connectivity index (χ3v) is 4.28. The van der Waals surface area contributed by atoms with Gasteiger partial charge in [-0.15, -0.1) is 0 Å². The van der Waals surface area contributed by atoms with E-state index in [4.69, 9.17) is 9.26 Å². The number of ether oxygens (including phenoxy) is 1. The maximum absolute atomic E-state index is 12.3. The molecule has 1 aliphatic heterocycles. The van der Waals surface area contributed by atoms with Crippen LogP contribution in [0.1, 0.15) is 31.2 Å². The van der Waals surface area contributed by atoms with Crippen LogP contribution in [0, 0.1) is 6.92 Å². The first-order valence-corrected chi connectivity index (χ1v) is 8.44. The molecule has 1 aromatic carbocycles. The molecule has 0 spiro atoms. The molecule has 0 aliphatic carbocycles. The molecule has 1 atom stereocenters. The van der Waals surface area contributed by atoms with Crippen molar-refractivity contribution < 1.29 is 14.1 Å². The van der Waals surface area contributed by atoms with Crippen LogP contribution in [-0.4, -0.2) is 46.7 Å². The van der Waals surface area contributed by atoms with E-state index in [1.165, 1.54) is 5.56 Å². The van der Waals surface area contributed by atoms with E-state index < -0.39 is 0 Å². The van der Waals surface area contributed by atoms with Gasteiger partial charge in [0.15, 0.2) is 0 Å². The van der Waals surface area contributed by atoms with Gasteiger partial charge in [0.2, 0.25) is 17.6 Å². The average Bonchev–Trinajstić information content (AvgIpc) is 3.09. The van der Waals surface area contributed by atoms with Gasteiger partial charge in [0, 0.05) is 31.5 Å². The SMILES string of the molecule is CCC1CN(C(=O)CCc2nc(-c3ccc(C)cc3)no2)CCO1. The summed E-state index contributed by atoms with van der Waals surface area (Å²) in [6.07, 6.45) is 1.92. The molecule has 2 aromatic rings. The van der Waals surface area contributed by atoms with Crippen LogP contribution in [0.15, 0.2) is 28.8 Å². The zero-order valence-electron chi connectivity index (χ0n) is 14.2. The second-order valence-corrected chi connectivity index (χ2v) is 6.12. The van der Waals surface area contributed by atoms with Crippen LogP contribution < -0.4 is 0 Å². The van der Waals surface area contributed by atoms with Crippen LogP contribution in [0.25, 0.3) is 11.4 Å². The normalized spacial score (nSPS) is 17.9. The fourth-order valence-corrected chi connectivity index (χ4v) is 2.74. The minimum absolute atomic E-state index is 0.117. The lowest BCUT2D eigenvalue weighted by molar-refractivity contribution is -0.138. The minimum atomic E-state index is 0.117. The molecule has 128 valence electrons. The first-order chi connectivity index (χ1) is 11.7. The minimum Gasteiger partial charge on any atom is -0.375 e. The van der Waals surface area contributed by atoms with Crippen molar-refractivity contribution in [3.8, 4) is 11.4 Å². The molecule has 1 unspecified atom stereocenters. The van der Waals surface area contributed by atoms with Gasteiger partial charge in [-0.2, -0.15) is 4.98 Å². The van der Waals surface area contributed by atoms with E-state index in [9.17, 15) is 4.79 Å². The zero-order chi connectivity index (χ0) is 16.9. The van der Waals surface area contributed by atoms with Crippen molar-refractivity contribution in [3.63, 3.8) is 0 Å². The molecule has 1 aliphatic rings. The monoisotopic (exact) mass is 329 g/mol. The number of amides is 1. The van der Waals surface area contributed by atoms with E-state index in [1.807, 2.05) is 36.1 Å². The fraction of sp³-hybridized carbons (Fsp3) is 0.500. The molecule has 0 bridgehead atoms. The summed E-state index contributed by atoms with van der Waals surface area (Å²) in [5.74, 6) is 1.18. The van der Waals surface area contributed by atoms with E-state index in [2.05, 4.69) is 17.1 Å². The number of hydrogen-bond acceptors (Lipinski definition) is 5. The highest BCUT2D eigenvalue weighted by atomic mass is 16.5. The average molecular weight is 329 g/mol. The molecular formula is C18H23N3O3. The van der Waals surface area contributed by atoms with Gasteiger partial charge in [-0.25, -0.2) is 0 Å². The quantitative estimate of drug-likeness (QED) is 0.843. The number of morpholine rings is 1. The highest BCUT2D eigenvalue weighted by Gasteiger charge is 2.23. The molecule has 1 saturated heterocycles. The largest absolute Gasteiger partial charge is 0.375 e. The number of carbonyl (C=O) groups excluding carboxylic acids is 1. The molecule has 1 amide bonds. The number of carbonyl (C=O) groups is 1. The smallest absolute Gasteiger partial charge is 0.227 e. The highest BCUT2D eigenvalue weighted by Crippen LogP contribution is 2.17. The summed E-state index contributed by atoms with van der Waals surface area (Å²) in [5.41, 5.74) is 2.10. The number of benzene rings is 1. The van der Waals surface area contributed by atoms with Crippen molar-refractivity contribution in [1.29, 1.82) is 0 Å². The maximum Gasteiger partial charge on any atom is 0.227 e. The van der Waals surface area contributed by atoms with Crippen molar-refractivity contribution in [3.05, 3.63) is 35.7 Å². The molecule has 0 saturated carbocycles. The van der Waals surface area contributed by atoms with Gasteiger partial charge in [0.1, 0.15) is 0 Å². The molecule has 3 rings (SSSR count). The van der Waals surface area contributed by atoms with E-state index in [0.29, 0.717) is 44.3 Å². The molecule has 1 aromatic heterocycles. The summed E-state index contributed by atoms with van der Waals surface area (Å²) < 4.78 is 10.9. The van der Waals surface area contributed by atoms with Crippen LogP contribution >= 0.6 is 0 Å². The zero-order valence-corrected chi connectivity index (χ0v) is 14.2. The van der Waals surface area contributed by atoms with Gasteiger partial charge < -0.3 is 14.2 Å². The van der Waals surface area contributed by atoms with E-state index in [0.717, 1.165) is 12.0 Å². The van der Waals surface area contributed by atoms with Gasteiger partial charge in [0.25, 0.3) is 0 Å². The lowest BCUT2D eigenvalue weighted by Gasteiger charge is -2.32. The third kappa shape index (κ3) is 4.00. The topological polar surface area (TPSA) is 68.5 Å². The van der Waals surface area contributed by atoms with Gasteiger partial charge in [-0.05, 0) is 13.3 Å². The van der Waals surface area contributed by atoms with E-state index in [-0.39, 0.29) is 12.0 Å². The molecule has 0 N–H and O–H groups in total. The lowest BCUT2D eigenvalue weighted by atomic mass is 10.1. The first kappa shape index (κ1) is 16.6. The van der Waals surface area contributed by atoms with Gasteiger partial charge in [-0.1, -0.05) is 41.9 Å². The lowest BCUT2D eigenvalue weighted by Crippen LogP contribution is -2.45. The van der Waals surface area contributed by atoms with Crippen molar-refractivity contribution in [2.75, 3.05) is 19.7 Å². The summed E-state index contributed by atoms with van der Waals surface area (Å²) in [4.78, 5) is 18.6. The maximum atomic E-state index is 12.3. The molecule has 1 fully saturated rings. The van der Waals surface area contributed by atoms with Crippen LogP contribution in [0.2, 0.25) is 0 Å². The number of hydrogen-bond donors (Lipinski definition) is 0. The van der Waals surface area contributed by atoms with E-state index >= 15 is 0 Å².